The maximum absolute atomic E-state index is 12.0. The van der Waals surface area contributed by atoms with Gasteiger partial charge in [-0.05, 0) is 54.8 Å². The number of cyclic esters (lactones) is 1. The summed E-state index contributed by atoms with van der Waals surface area (Å²) in [5, 5.41) is 0.801. The summed E-state index contributed by atoms with van der Waals surface area (Å²) in [6, 6.07) is 11.0. The Labute approximate surface area is 144 Å². The molecular formula is C18H13Cl2NO2. The van der Waals surface area contributed by atoms with Crippen molar-refractivity contribution < 1.29 is 9.53 Å². The molecule has 0 aromatic heterocycles. The summed E-state index contributed by atoms with van der Waals surface area (Å²) in [6.07, 6.45) is 1.57. The van der Waals surface area contributed by atoms with Gasteiger partial charge in [-0.2, -0.15) is 0 Å². The molecule has 0 radical (unpaired) electrons. The molecule has 2 aromatic rings. The molecular weight excluding hydrogens is 333 g/mol. The normalized spacial score (nSPS) is 15.7. The molecule has 0 aliphatic carbocycles. The topological polar surface area (TPSA) is 38.7 Å². The van der Waals surface area contributed by atoms with Gasteiger partial charge in [-0.3, -0.25) is 0 Å². The first kappa shape index (κ1) is 15.8. The fourth-order valence-electron chi connectivity index (χ4n) is 2.19. The first-order chi connectivity index (χ1) is 11.0. The monoisotopic (exact) mass is 345 g/mol. The molecule has 3 nitrogen and oxygen atoms in total. The van der Waals surface area contributed by atoms with Gasteiger partial charge in [-0.15, -0.1) is 0 Å². The van der Waals surface area contributed by atoms with Gasteiger partial charge < -0.3 is 4.74 Å². The van der Waals surface area contributed by atoms with Gasteiger partial charge in [-0.25, -0.2) is 9.79 Å². The number of hydrogen-bond donors (Lipinski definition) is 0. The zero-order valence-electron chi connectivity index (χ0n) is 12.6. The number of aliphatic imine (C=N–C) groups is 1. The Morgan fingerprint density at radius 3 is 2.61 bits per heavy atom. The van der Waals surface area contributed by atoms with Crippen LogP contribution in [0, 0.1) is 13.8 Å². The second-order valence-corrected chi connectivity index (χ2v) is 6.06. The predicted octanol–water partition coefficient (Wildman–Crippen LogP) is 4.95. The average Bonchev–Trinajstić information content (AvgIpc) is 2.88. The minimum atomic E-state index is -0.505. The molecule has 1 aliphatic heterocycles. The number of carbonyl (C=O) groups is 1. The van der Waals surface area contributed by atoms with Gasteiger partial charge in [0, 0.05) is 5.56 Å². The lowest BCUT2D eigenvalue weighted by Crippen LogP contribution is -2.05. The summed E-state index contributed by atoms with van der Waals surface area (Å²) >= 11 is 12.1. The third-order valence-electron chi connectivity index (χ3n) is 3.65. The maximum Gasteiger partial charge on any atom is 0.363 e. The molecule has 0 spiro atoms. The van der Waals surface area contributed by atoms with Gasteiger partial charge in [0.05, 0.1) is 10.0 Å². The zero-order valence-corrected chi connectivity index (χ0v) is 14.1. The molecule has 1 heterocycles. The van der Waals surface area contributed by atoms with E-state index in [1.54, 1.807) is 24.3 Å². The zero-order chi connectivity index (χ0) is 16.6. The minimum absolute atomic E-state index is 0.197. The Morgan fingerprint density at radius 2 is 1.87 bits per heavy atom. The Morgan fingerprint density at radius 1 is 1.09 bits per heavy atom. The fraction of sp³-hybridized carbons (Fsp3) is 0.111. The van der Waals surface area contributed by atoms with Gasteiger partial charge in [0.25, 0.3) is 0 Å². The summed E-state index contributed by atoms with van der Waals surface area (Å²) in [6.45, 7) is 4.02. The molecule has 3 rings (SSSR count). The van der Waals surface area contributed by atoms with Gasteiger partial charge >= 0.3 is 5.97 Å². The Bertz CT molecular complexity index is 869. The van der Waals surface area contributed by atoms with E-state index in [4.69, 9.17) is 27.9 Å². The highest BCUT2D eigenvalue weighted by atomic mass is 35.5. The Hall–Kier alpha value is -2.10. The molecule has 5 heteroatoms. The van der Waals surface area contributed by atoms with Gasteiger partial charge in [0.1, 0.15) is 0 Å². The number of nitrogens with zero attached hydrogens (tertiary/aromatic N) is 1. The molecule has 2 aromatic carbocycles. The molecule has 0 bridgehead atoms. The van der Waals surface area contributed by atoms with Gasteiger partial charge in [0.2, 0.25) is 5.90 Å². The average molecular weight is 346 g/mol. The molecule has 0 saturated carbocycles. The van der Waals surface area contributed by atoms with E-state index < -0.39 is 5.97 Å². The van der Waals surface area contributed by atoms with Crippen LogP contribution in [0.3, 0.4) is 0 Å². The Kier molecular flexibility index (Phi) is 4.24. The number of halogens is 2. The Balaban J connectivity index is 1.99. The molecule has 0 atom stereocenters. The molecule has 0 fully saturated rings. The second kappa shape index (κ2) is 6.19. The van der Waals surface area contributed by atoms with Crippen molar-refractivity contribution in [1.82, 2.24) is 0 Å². The van der Waals surface area contributed by atoms with E-state index in [1.165, 1.54) is 5.56 Å². The second-order valence-electron chi connectivity index (χ2n) is 5.28. The summed E-state index contributed by atoms with van der Waals surface area (Å²) in [5.41, 5.74) is 3.86. The lowest BCUT2D eigenvalue weighted by Gasteiger charge is -2.03. The van der Waals surface area contributed by atoms with E-state index in [2.05, 4.69) is 4.99 Å². The number of carbonyl (C=O) groups excluding carboxylic acids is 1. The first-order valence-electron chi connectivity index (χ1n) is 7.00. The molecule has 0 amide bonds. The summed E-state index contributed by atoms with van der Waals surface area (Å²) in [7, 11) is 0. The summed E-state index contributed by atoms with van der Waals surface area (Å²) < 4.78 is 5.26. The number of hydrogen-bond acceptors (Lipinski definition) is 3. The number of rotatable bonds is 2. The highest BCUT2D eigenvalue weighted by Gasteiger charge is 2.24. The van der Waals surface area contributed by atoms with Crippen molar-refractivity contribution in [3.63, 3.8) is 0 Å². The van der Waals surface area contributed by atoms with Crippen LogP contribution in [0.5, 0.6) is 0 Å². The van der Waals surface area contributed by atoms with Crippen LogP contribution in [-0.2, 0) is 9.53 Å². The van der Waals surface area contributed by atoms with Gasteiger partial charge in [0.15, 0.2) is 5.70 Å². The highest BCUT2D eigenvalue weighted by molar-refractivity contribution is 6.43. The van der Waals surface area contributed by atoms with Crippen LogP contribution < -0.4 is 0 Å². The van der Waals surface area contributed by atoms with Crippen LogP contribution in [0.2, 0.25) is 10.0 Å². The lowest BCUT2D eigenvalue weighted by molar-refractivity contribution is -0.129. The van der Waals surface area contributed by atoms with Crippen molar-refractivity contribution in [3.8, 4) is 0 Å². The quantitative estimate of drug-likeness (QED) is 0.570. The van der Waals surface area contributed by atoms with E-state index in [0.29, 0.717) is 21.5 Å². The van der Waals surface area contributed by atoms with Crippen LogP contribution >= 0.6 is 23.2 Å². The van der Waals surface area contributed by atoms with Crippen LogP contribution in [0.25, 0.3) is 6.08 Å². The summed E-state index contributed by atoms with van der Waals surface area (Å²) in [4.78, 5) is 16.3. The van der Waals surface area contributed by atoms with Crippen LogP contribution in [0.15, 0.2) is 47.1 Å². The fourth-order valence-corrected chi connectivity index (χ4v) is 2.55. The number of aryl methyl sites for hydroxylation is 2. The number of benzene rings is 2. The highest BCUT2D eigenvalue weighted by Crippen LogP contribution is 2.29. The predicted molar refractivity (Wildman–Crippen MR) is 93.0 cm³/mol. The molecule has 116 valence electrons. The van der Waals surface area contributed by atoms with Crippen molar-refractivity contribution in [2.45, 2.75) is 13.8 Å². The van der Waals surface area contributed by atoms with E-state index in [-0.39, 0.29) is 5.70 Å². The van der Waals surface area contributed by atoms with Crippen LogP contribution in [0.4, 0.5) is 0 Å². The largest absolute Gasteiger partial charge is 0.402 e. The molecule has 1 aliphatic rings. The van der Waals surface area contributed by atoms with Gasteiger partial charge in [-0.1, -0.05) is 41.4 Å². The summed E-state index contributed by atoms with van der Waals surface area (Å²) in [5.74, 6) is -0.211. The van der Waals surface area contributed by atoms with Crippen LogP contribution in [0.1, 0.15) is 22.3 Å². The van der Waals surface area contributed by atoms with Crippen molar-refractivity contribution >= 4 is 41.1 Å². The maximum atomic E-state index is 12.0. The van der Waals surface area contributed by atoms with Crippen molar-refractivity contribution in [1.29, 1.82) is 0 Å². The van der Waals surface area contributed by atoms with E-state index in [1.807, 2.05) is 32.0 Å². The number of esters is 1. The van der Waals surface area contributed by atoms with Crippen molar-refractivity contribution in [3.05, 3.63) is 74.4 Å². The number of ether oxygens (including phenoxy) is 1. The minimum Gasteiger partial charge on any atom is -0.402 e. The van der Waals surface area contributed by atoms with Crippen molar-refractivity contribution in [2.75, 3.05) is 0 Å². The SMILES string of the molecule is Cc1ccc(C2=N/C(=C\c3cccc(Cl)c3Cl)C(=O)O2)cc1C. The van der Waals surface area contributed by atoms with E-state index in [9.17, 15) is 4.79 Å². The standard InChI is InChI=1S/C18H13Cl2NO2/c1-10-6-7-13(8-11(10)2)17-21-15(18(22)23-17)9-12-4-3-5-14(19)16(12)20/h3-9H,1-2H3/b15-9-. The molecule has 0 unspecified atom stereocenters. The lowest BCUT2D eigenvalue weighted by atomic mass is 10.1. The van der Waals surface area contributed by atoms with E-state index in [0.717, 1.165) is 11.1 Å². The van der Waals surface area contributed by atoms with Crippen molar-refractivity contribution in [2.24, 2.45) is 4.99 Å². The first-order valence-corrected chi connectivity index (χ1v) is 7.75. The molecule has 0 saturated heterocycles. The third-order valence-corrected chi connectivity index (χ3v) is 4.48. The third kappa shape index (κ3) is 3.16. The molecule has 0 N–H and O–H groups in total. The molecule has 23 heavy (non-hydrogen) atoms. The van der Waals surface area contributed by atoms with Crippen LogP contribution in [-0.4, -0.2) is 11.9 Å². The van der Waals surface area contributed by atoms with E-state index >= 15 is 0 Å². The smallest absolute Gasteiger partial charge is 0.363 e.